The molecule has 0 aliphatic carbocycles. The van der Waals surface area contributed by atoms with Crippen molar-refractivity contribution in [1.82, 2.24) is 9.80 Å². The molecule has 2 aromatic rings. The van der Waals surface area contributed by atoms with E-state index in [1.54, 1.807) is 0 Å². The lowest BCUT2D eigenvalue weighted by Gasteiger charge is -2.36. The van der Waals surface area contributed by atoms with E-state index in [-0.39, 0.29) is 48.3 Å². The fourth-order valence-corrected chi connectivity index (χ4v) is 7.41. The molecule has 8 N–H and O–H groups in total. The molecule has 0 radical (unpaired) electrons. The zero-order valence-electron chi connectivity index (χ0n) is 28.0. The van der Waals surface area contributed by atoms with Gasteiger partial charge < -0.3 is 40.4 Å². The quantitative estimate of drug-likeness (QED) is 0.225. The van der Waals surface area contributed by atoms with E-state index < -0.39 is 22.2 Å². The van der Waals surface area contributed by atoms with Gasteiger partial charge in [0.25, 0.3) is 0 Å². The Kier molecular flexibility index (Phi) is 16.7. The zero-order valence-corrected chi connectivity index (χ0v) is 28.8. The first-order chi connectivity index (χ1) is 22.4. The first kappa shape index (κ1) is 42.2. The van der Waals surface area contributed by atoms with Crippen molar-refractivity contribution in [3.8, 4) is 0 Å². The van der Waals surface area contributed by atoms with Crippen molar-refractivity contribution < 1.29 is 57.8 Å². The normalized spacial score (nSPS) is 27.0. The van der Waals surface area contributed by atoms with E-state index in [0.29, 0.717) is 24.2 Å². The second-order valence-electron chi connectivity index (χ2n) is 12.9. The number of piperidine rings is 2. The zero-order chi connectivity index (χ0) is 34.1. The van der Waals surface area contributed by atoms with Gasteiger partial charge in [0.05, 0.1) is 13.2 Å². The standard InChI is InChI=1S/2C17H23NO3.H2O4S.2H2O/c2*1-18-13-7-8-14(18)10-15(9-13)21-17(20)16(11-19)12-5-3-2-4-6-12;1-5(2,3)4;;/h2*2-6,13-16,19H,7-11H2,1H3;(H2,1,2,3,4);2*1H2/t2*13?,14?,15?,16-;;;/m11.../s1. The minimum absolute atomic E-state index is 0. The summed E-state index contributed by atoms with van der Waals surface area (Å²) in [6.45, 7) is -0.412. The molecular weight excluding hydrogens is 660 g/mol. The molecular formula is C34H52N2O12S. The second-order valence-corrected chi connectivity index (χ2v) is 13.8. The summed E-state index contributed by atoms with van der Waals surface area (Å²) in [6, 6.07) is 20.9. The number of carbonyl (C=O) groups is 2. The lowest BCUT2D eigenvalue weighted by molar-refractivity contribution is -0.156. The predicted octanol–water partition coefficient (Wildman–Crippen LogP) is 1.56. The van der Waals surface area contributed by atoms with Crippen molar-refractivity contribution in [2.24, 2.45) is 0 Å². The highest BCUT2D eigenvalue weighted by molar-refractivity contribution is 7.79. The van der Waals surface area contributed by atoms with E-state index >= 15 is 0 Å². The molecule has 4 bridgehead atoms. The Hall–Kier alpha value is -2.99. The molecule has 0 spiro atoms. The molecule has 6 rings (SSSR count). The van der Waals surface area contributed by atoms with Crippen LogP contribution in [0.1, 0.15) is 74.3 Å². The van der Waals surface area contributed by atoms with Gasteiger partial charge in [0.15, 0.2) is 0 Å². The molecule has 6 atom stereocenters. The van der Waals surface area contributed by atoms with Crippen LogP contribution in [0.3, 0.4) is 0 Å². The Morgan fingerprint density at radius 3 is 1.16 bits per heavy atom. The average molecular weight is 713 g/mol. The summed E-state index contributed by atoms with van der Waals surface area (Å²) in [5, 5.41) is 19.1. The summed E-state index contributed by atoms with van der Waals surface area (Å²) in [7, 11) is -0.332. The Labute approximate surface area is 288 Å². The minimum Gasteiger partial charge on any atom is -0.462 e. The fraction of sp³-hybridized carbons (Fsp3) is 0.588. The molecule has 4 aliphatic heterocycles. The van der Waals surface area contributed by atoms with Crippen molar-refractivity contribution >= 4 is 22.3 Å². The number of ether oxygens (including phenoxy) is 2. The van der Waals surface area contributed by atoms with Crippen LogP contribution in [0.5, 0.6) is 0 Å². The summed E-state index contributed by atoms with van der Waals surface area (Å²) < 4.78 is 43.0. The molecule has 14 nitrogen and oxygen atoms in total. The molecule has 276 valence electrons. The Balaban J connectivity index is 0.000000289. The topological polar surface area (TPSA) is 237 Å². The van der Waals surface area contributed by atoms with Crippen LogP contribution in [0.4, 0.5) is 0 Å². The third-order valence-corrected chi connectivity index (χ3v) is 10.0. The number of benzene rings is 2. The third kappa shape index (κ3) is 12.1. The lowest BCUT2D eigenvalue weighted by Crippen LogP contribution is -2.43. The summed E-state index contributed by atoms with van der Waals surface area (Å²) >= 11 is 0. The van der Waals surface area contributed by atoms with Gasteiger partial charge >= 0.3 is 22.3 Å². The third-order valence-electron chi connectivity index (χ3n) is 10.0. The van der Waals surface area contributed by atoms with E-state index in [4.69, 9.17) is 27.0 Å². The summed E-state index contributed by atoms with van der Waals surface area (Å²) in [5.74, 6) is -1.72. The van der Waals surface area contributed by atoms with Gasteiger partial charge in [-0.1, -0.05) is 60.7 Å². The number of aliphatic hydroxyl groups is 2. The summed E-state index contributed by atoms with van der Waals surface area (Å²) in [4.78, 5) is 29.6. The van der Waals surface area contributed by atoms with Gasteiger partial charge in [0, 0.05) is 24.2 Å². The number of hydrogen-bond acceptors (Lipinski definition) is 10. The molecule has 49 heavy (non-hydrogen) atoms. The molecule has 15 heteroatoms. The number of nitrogens with zero attached hydrogens (tertiary/aromatic N) is 2. The van der Waals surface area contributed by atoms with Crippen LogP contribution in [-0.4, -0.2) is 124 Å². The molecule has 4 unspecified atom stereocenters. The van der Waals surface area contributed by atoms with Crippen LogP contribution in [0.15, 0.2) is 60.7 Å². The highest BCUT2D eigenvalue weighted by Crippen LogP contribution is 2.37. The van der Waals surface area contributed by atoms with Gasteiger partial charge in [-0.25, -0.2) is 0 Å². The number of aliphatic hydroxyl groups excluding tert-OH is 2. The Morgan fingerprint density at radius 2 is 0.918 bits per heavy atom. The van der Waals surface area contributed by atoms with Crippen molar-refractivity contribution in [2.45, 2.75) is 99.6 Å². The monoisotopic (exact) mass is 712 g/mol. The minimum atomic E-state index is -4.67. The Morgan fingerprint density at radius 1 is 0.653 bits per heavy atom. The average Bonchev–Trinajstić information content (AvgIpc) is 3.34. The molecule has 4 aliphatic rings. The SMILES string of the molecule is CN1C2CCC1CC(OC(=O)[C@H](CO)c1ccccc1)C2.CN1C2CCC1CC(OC(=O)[C@H](CO)c1ccccc1)C2.O.O.O=S(=O)(O)O. The smallest absolute Gasteiger partial charge is 0.394 e. The van der Waals surface area contributed by atoms with Crippen molar-refractivity contribution in [2.75, 3.05) is 27.3 Å². The molecule has 0 aromatic heterocycles. The van der Waals surface area contributed by atoms with Crippen molar-refractivity contribution in [1.29, 1.82) is 0 Å². The van der Waals surface area contributed by atoms with Crippen LogP contribution in [0.25, 0.3) is 0 Å². The number of fused-ring (bicyclic) bond motifs is 4. The second kappa shape index (κ2) is 19.4. The maximum absolute atomic E-state index is 12.4. The first-order valence-corrected chi connectivity index (χ1v) is 17.6. The van der Waals surface area contributed by atoms with Gasteiger partial charge in [0.1, 0.15) is 24.0 Å². The Bertz CT molecular complexity index is 1270. The highest BCUT2D eigenvalue weighted by atomic mass is 32.3. The maximum atomic E-state index is 12.4. The molecule has 2 aromatic carbocycles. The van der Waals surface area contributed by atoms with E-state index in [1.165, 1.54) is 25.7 Å². The first-order valence-electron chi connectivity index (χ1n) is 16.2. The molecule has 4 heterocycles. The van der Waals surface area contributed by atoms with Crippen LogP contribution < -0.4 is 0 Å². The van der Waals surface area contributed by atoms with Gasteiger partial charge in [-0.15, -0.1) is 0 Å². The summed E-state index contributed by atoms with van der Waals surface area (Å²) in [6.07, 6.45) is 8.52. The summed E-state index contributed by atoms with van der Waals surface area (Å²) in [5.41, 5.74) is 1.64. The molecule has 4 saturated heterocycles. The van der Waals surface area contributed by atoms with Crippen LogP contribution >= 0.6 is 0 Å². The van der Waals surface area contributed by atoms with Crippen molar-refractivity contribution in [3.63, 3.8) is 0 Å². The van der Waals surface area contributed by atoms with Crippen LogP contribution in [0.2, 0.25) is 0 Å². The molecule has 4 fully saturated rings. The predicted molar refractivity (Wildman–Crippen MR) is 181 cm³/mol. The van der Waals surface area contributed by atoms with Gasteiger partial charge in [-0.2, -0.15) is 8.42 Å². The van der Waals surface area contributed by atoms with E-state index in [1.807, 2.05) is 60.7 Å². The lowest BCUT2D eigenvalue weighted by atomic mass is 9.98. The number of hydrogen-bond donors (Lipinski definition) is 4. The highest BCUT2D eigenvalue weighted by Gasteiger charge is 2.41. The van der Waals surface area contributed by atoms with Gasteiger partial charge in [0.2, 0.25) is 0 Å². The number of carbonyl (C=O) groups excluding carboxylic acids is 2. The molecule has 0 amide bonds. The number of esters is 2. The van der Waals surface area contributed by atoms with Crippen molar-refractivity contribution in [3.05, 3.63) is 71.8 Å². The van der Waals surface area contributed by atoms with Gasteiger partial charge in [-0.3, -0.25) is 18.7 Å². The van der Waals surface area contributed by atoms with Crippen LogP contribution in [0, 0.1) is 0 Å². The largest absolute Gasteiger partial charge is 0.462 e. The maximum Gasteiger partial charge on any atom is 0.394 e. The number of rotatable bonds is 8. The van der Waals surface area contributed by atoms with E-state index in [9.17, 15) is 19.8 Å². The van der Waals surface area contributed by atoms with E-state index in [0.717, 1.165) is 36.8 Å². The molecule has 0 saturated carbocycles. The fourth-order valence-electron chi connectivity index (χ4n) is 7.41. The van der Waals surface area contributed by atoms with Gasteiger partial charge in [-0.05, 0) is 76.6 Å². The van der Waals surface area contributed by atoms with Crippen LogP contribution in [-0.2, 0) is 29.5 Å². The van der Waals surface area contributed by atoms with E-state index in [2.05, 4.69) is 23.9 Å².